The zero-order valence-electron chi connectivity index (χ0n) is 20.4. The van der Waals surface area contributed by atoms with Crippen LogP contribution in [0, 0.1) is 0 Å². The first-order valence-corrected chi connectivity index (χ1v) is 12.7. The van der Waals surface area contributed by atoms with Gasteiger partial charge in [-0.2, -0.15) is 0 Å². The number of benzene rings is 1. The highest BCUT2D eigenvalue weighted by molar-refractivity contribution is 7.16. The lowest BCUT2D eigenvalue weighted by Crippen LogP contribution is -2.55. The van der Waals surface area contributed by atoms with Crippen LogP contribution in [-0.4, -0.2) is 71.5 Å². The van der Waals surface area contributed by atoms with Crippen LogP contribution in [0.15, 0.2) is 41.8 Å². The van der Waals surface area contributed by atoms with Gasteiger partial charge in [0.15, 0.2) is 0 Å². The Hall–Kier alpha value is -3.33. The molecule has 0 bridgehead atoms. The summed E-state index contributed by atoms with van der Waals surface area (Å²) in [6.07, 6.45) is 0.195. The van der Waals surface area contributed by atoms with E-state index in [1.807, 2.05) is 53.6 Å². The van der Waals surface area contributed by atoms with E-state index in [1.165, 1.54) is 0 Å². The maximum Gasteiger partial charge on any atom is 0.306 e. The molecule has 0 aliphatic carbocycles. The van der Waals surface area contributed by atoms with Gasteiger partial charge < -0.3 is 23.8 Å². The molecule has 1 fully saturated rings. The fourth-order valence-corrected chi connectivity index (χ4v) is 5.47. The van der Waals surface area contributed by atoms with Gasteiger partial charge in [-0.15, -0.1) is 11.3 Å². The van der Waals surface area contributed by atoms with Crippen LogP contribution in [0.2, 0.25) is 0 Å². The van der Waals surface area contributed by atoms with E-state index >= 15 is 0 Å². The third kappa shape index (κ3) is 5.35. The van der Waals surface area contributed by atoms with Crippen LogP contribution in [0.5, 0.6) is 5.75 Å². The largest absolute Gasteiger partial charge is 0.496 e. The molecular weight excluding hydrogens is 466 g/mol. The fourth-order valence-electron chi connectivity index (χ4n) is 4.57. The highest BCUT2D eigenvalue weighted by Crippen LogP contribution is 2.29. The molecule has 1 aliphatic heterocycles. The SMILES string of the molecule is CCOC(=O)CCC(=O)N1CCN(C(=O)c2cc3ccsc3n2Cc2ccccc2OC)CC1C. The summed E-state index contributed by atoms with van der Waals surface area (Å²) < 4.78 is 12.5. The summed E-state index contributed by atoms with van der Waals surface area (Å²) in [5.41, 5.74) is 1.63. The van der Waals surface area contributed by atoms with E-state index in [9.17, 15) is 14.4 Å². The standard InChI is InChI=1S/C26H31N3O5S/c1-4-34-24(31)10-9-23(30)28-13-12-27(16-18(28)2)25(32)21-15-19-11-14-35-26(19)29(21)17-20-7-5-6-8-22(20)33-3/h5-8,11,14-15,18H,4,9-10,12-13,16-17H2,1-3H3. The maximum atomic E-state index is 13.7. The lowest BCUT2D eigenvalue weighted by molar-refractivity contribution is -0.146. The van der Waals surface area contributed by atoms with Crippen LogP contribution in [0.25, 0.3) is 10.2 Å². The molecule has 35 heavy (non-hydrogen) atoms. The first-order valence-electron chi connectivity index (χ1n) is 11.9. The Kier molecular flexibility index (Phi) is 7.75. The monoisotopic (exact) mass is 497 g/mol. The summed E-state index contributed by atoms with van der Waals surface area (Å²) in [5, 5.41) is 3.06. The Labute approximate surface area is 209 Å². The second-order valence-corrected chi connectivity index (χ2v) is 9.50. The van der Waals surface area contributed by atoms with E-state index in [1.54, 1.807) is 30.3 Å². The highest BCUT2D eigenvalue weighted by atomic mass is 32.1. The molecule has 0 N–H and O–H groups in total. The molecule has 0 spiro atoms. The van der Waals surface area contributed by atoms with Gasteiger partial charge in [-0.1, -0.05) is 18.2 Å². The van der Waals surface area contributed by atoms with E-state index in [0.717, 1.165) is 21.5 Å². The third-order valence-corrected chi connectivity index (χ3v) is 7.28. The molecule has 0 saturated carbocycles. The first kappa shape index (κ1) is 24.8. The summed E-state index contributed by atoms with van der Waals surface area (Å²) in [5.74, 6) is 0.289. The number of nitrogens with zero attached hydrogens (tertiary/aromatic N) is 3. The van der Waals surface area contributed by atoms with Gasteiger partial charge in [0.1, 0.15) is 16.3 Å². The van der Waals surface area contributed by atoms with Gasteiger partial charge in [0.25, 0.3) is 5.91 Å². The molecular formula is C26H31N3O5S. The van der Waals surface area contributed by atoms with E-state index in [0.29, 0.717) is 38.5 Å². The summed E-state index contributed by atoms with van der Waals surface area (Å²) in [6, 6.07) is 11.7. The summed E-state index contributed by atoms with van der Waals surface area (Å²) in [4.78, 5) is 42.5. The van der Waals surface area contributed by atoms with Crippen molar-refractivity contribution in [2.75, 3.05) is 33.4 Å². The molecule has 1 aromatic carbocycles. The van der Waals surface area contributed by atoms with Crippen LogP contribution in [0.1, 0.15) is 42.7 Å². The second-order valence-electron chi connectivity index (χ2n) is 8.60. The fraction of sp³-hybridized carbons (Fsp3) is 0.423. The summed E-state index contributed by atoms with van der Waals surface area (Å²) in [7, 11) is 1.65. The molecule has 9 heteroatoms. The number of rotatable bonds is 8. The summed E-state index contributed by atoms with van der Waals surface area (Å²) >= 11 is 1.61. The Balaban J connectivity index is 1.48. The Bertz CT molecular complexity index is 1220. The maximum absolute atomic E-state index is 13.7. The van der Waals surface area contributed by atoms with Gasteiger partial charge in [0, 0.05) is 43.0 Å². The summed E-state index contributed by atoms with van der Waals surface area (Å²) in [6.45, 7) is 5.84. The Morgan fingerprint density at radius 2 is 1.91 bits per heavy atom. The number of para-hydroxylation sites is 1. The topological polar surface area (TPSA) is 81.1 Å². The van der Waals surface area contributed by atoms with Crippen molar-refractivity contribution >= 4 is 39.3 Å². The average Bonchev–Trinajstić information content (AvgIpc) is 3.45. The molecule has 2 aromatic heterocycles. The molecule has 2 amide bonds. The number of hydrogen-bond donors (Lipinski definition) is 0. The number of fused-ring (bicyclic) bond motifs is 1. The number of esters is 1. The number of aromatic nitrogens is 1. The third-order valence-electron chi connectivity index (χ3n) is 6.33. The van der Waals surface area contributed by atoms with Crippen molar-refractivity contribution in [3.05, 3.63) is 53.0 Å². The van der Waals surface area contributed by atoms with Crippen LogP contribution in [-0.2, 0) is 20.9 Å². The van der Waals surface area contributed by atoms with Crippen LogP contribution < -0.4 is 4.74 Å². The average molecular weight is 498 g/mol. The van der Waals surface area contributed by atoms with Crippen LogP contribution >= 0.6 is 11.3 Å². The smallest absolute Gasteiger partial charge is 0.306 e. The van der Waals surface area contributed by atoms with Gasteiger partial charge in [-0.3, -0.25) is 14.4 Å². The Morgan fingerprint density at radius 1 is 1.11 bits per heavy atom. The van der Waals surface area contributed by atoms with Crippen LogP contribution in [0.3, 0.4) is 0 Å². The number of carbonyl (C=O) groups excluding carboxylic acids is 3. The zero-order chi connectivity index (χ0) is 24.9. The molecule has 8 nitrogen and oxygen atoms in total. The second kappa shape index (κ2) is 10.9. The number of carbonyl (C=O) groups is 3. The van der Waals surface area contributed by atoms with E-state index in [-0.39, 0.29) is 36.7 Å². The van der Waals surface area contributed by atoms with E-state index in [4.69, 9.17) is 9.47 Å². The van der Waals surface area contributed by atoms with Crippen molar-refractivity contribution in [2.45, 2.75) is 39.3 Å². The van der Waals surface area contributed by atoms with Crippen molar-refractivity contribution in [2.24, 2.45) is 0 Å². The normalized spacial score (nSPS) is 15.9. The van der Waals surface area contributed by atoms with Gasteiger partial charge in [0.2, 0.25) is 5.91 Å². The van der Waals surface area contributed by atoms with Crippen molar-refractivity contribution in [3.8, 4) is 5.75 Å². The number of piperazine rings is 1. The molecule has 4 rings (SSSR count). The lowest BCUT2D eigenvalue weighted by Gasteiger charge is -2.40. The molecule has 1 aliphatic rings. The van der Waals surface area contributed by atoms with E-state index in [2.05, 4.69) is 4.57 Å². The minimum Gasteiger partial charge on any atom is -0.496 e. The van der Waals surface area contributed by atoms with Crippen molar-refractivity contribution < 1.29 is 23.9 Å². The first-order chi connectivity index (χ1) is 16.9. The Morgan fingerprint density at radius 3 is 2.66 bits per heavy atom. The number of amides is 2. The van der Waals surface area contributed by atoms with Gasteiger partial charge in [0.05, 0.1) is 26.7 Å². The quantitative estimate of drug-likeness (QED) is 0.443. The lowest BCUT2D eigenvalue weighted by atomic mass is 10.1. The number of ether oxygens (including phenoxy) is 2. The highest BCUT2D eigenvalue weighted by Gasteiger charge is 2.32. The van der Waals surface area contributed by atoms with Crippen LogP contribution in [0.4, 0.5) is 0 Å². The predicted molar refractivity (Wildman–Crippen MR) is 135 cm³/mol. The molecule has 3 aromatic rings. The number of hydrogen-bond acceptors (Lipinski definition) is 6. The number of methoxy groups -OCH3 is 1. The molecule has 1 unspecified atom stereocenters. The molecule has 0 radical (unpaired) electrons. The van der Waals surface area contributed by atoms with Crippen molar-refractivity contribution in [1.82, 2.24) is 14.4 Å². The minimum absolute atomic E-state index is 0.0474. The van der Waals surface area contributed by atoms with Crippen molar-refractivity contribution in [3.63, 3.8) is 0 Å². The molecule has 186 valence electrons. The van der Waals surface area contributed by atoms with Gasteiger partial charge >= 0.3 is 5.97 Å². The van der Waals surface area contributed by atoms with Gasteiger partial charge in [-0.25, -0.2) is 0 Å². The van der Waals surface area contributed by atoms with E-state index < -0.39 is 0 Å². The molecule has 3 heterocycles. The van der Waals surface area contributed by atoms with Crippen molar-refractivity contribution in [1.29, 1.82) is 0 Å². The predicted octanol–water partition coefficient (Wildman–Crippen LogP) is 3.78. The van der Waals surface area contributed by atoms with Gasteiger partial charge in [-0.05, 0) is 37.4 Å². The minimum atomic E-state index is -0.363. The zero-order valence-corrected chi connectivity index (χ0v) is 21.2. The molecule has 1 atom stereocenters. The molecule has 1 saturated heterocycles. The number of thiophene rings is 1.